The second-order valence-electron chi connectivity index (χ2n) is 3.95. The van der Waals surface area contributed by atoms with Crippen LogP contribution in [-0.2, 0) is 16.6 Å². The van der Waals surface area contributed by atoms with Gasteiger partial charge in [-0.25, -0.2) is 8.42 Å². The predicted octanol–water partition coefficient (Wildman–Crippen LogP) is 2.61. The van der Waals surface area contributed by atoms with E-state index in [2.05, 4.69) is 20.7 Å². The average molecular weight is 345 g/mol. The molecule has 0 saturated heterocycles. The first-order chi connectivity index (χ1) is 8.92. The van der Waals surface area contributed by atoms with E-state index in [1.807, 2.05) is 0 Å². The van der Waals surface area contributed by atoms with Gasteiger partial charge in [0.25, 0.3) is 10.0 Å². The number of anilines is 1. The van der Waals surface area contributed by atoms with Crippen molar-refractivity contribution in [3.05, 3.63) is 46.3 Å². The Morgan fingerprint density at radius 3 is 2.47 bits per heavy atom. The van der Waals surface area contributed by atoms with Crippen LogP contribution in [-0.4, -0.2) is 8.42 Å². The van der Waals surface area contributed by atoms with Crippen LogP contribution in [0.1, 0.15) is 11.5 Å². The number of halogens is 1. The molecule has 0 aliphatic rings. The SMILES string of the molecule is Cc1oc(CN)cc1S(=O)(=O)Nc1ccc(Br)cc1. The maximum Gasteiger partial charge on any atom is 0.265 e. The number of aryl methyl sites for hydroxylation is 1. The molecule has 0 unspecified atom stereocenters. The fraction of sp³-hybridized carbons (Fsp3) is 0.167. The number of hydrogen-bond donors (Lipinski definition) is 2. The third kappa shape index (κ3) is 3.17. The third-order valence-corrected chi connectivity index (χ3v) is 4.53. The van der Waals surface area contributed by atoms with Gasteiger partial charge in [-0.15, -0.1) is 0 Å². The Morgan fingerprint density at radius 2 is 1.95 bits per heavy atom. The maximum atomic E-state index is 12.2. The molecular formula is C12H13BrN2O3S. The number of rotatable bonds is 4. The van der Waals surface area contributed by atoms with Crippen molar-refractivity contribution in [1.82, 2.24) is 0 Å². The van der Waals surface area contributed by atoms with Crippen LogP contribution in [0.2, 0.25) is 0 Å². The van der Waals surface area contributed by atoms with Crippen molar-refractivity contribution >= 4 is 31.6 Å². The molecule has 0 amide bonds. The first-order valence-corrected chi connectivity index (χ1v) is 7.78. The molecule has 0 fully saturated rings. The van der Waals surface area contributed by atoms with Crippen molar-refractivity contribution < 1.29 is 12.8 Å². The number of hydrogen-bond acceptors (Lipinski definition) is 4. The molecule has 0 atom stereocenters. The highest BCUT2D eigenvalue weighted by molar-refractivity contribution is 9.10. The van der Waals surface area contributed by atoms with E-state index >= 15 is 0 Å². The van der Waals surface area contributed by atoms with Gasteiger partial charge in [-0.1, -0.05) is 15.9 Å². The van der Waals surface area contributed by atoms with Gasteiger partial charge in [-0.2, -0.15) is 0 Å². The molecule has 1 aromatic heterocycles. The molecule has 0 radical (unpaired) electrons. The Morgan fingerprint density at radius 1 is 1.32 bits per heavy atom. The molecule has 2 rings (SSSR count). The van der Waals surface area contributed by atoms with E-state index in [1.54, 1.807) is 31.2 Å². The van der Waals surface area contributed by atoms with Crippen LogP contribution < -0.4 is 10.5 Å². The molecule has 3 N–H and O–H groups in total. The van der Waals surface area contributed by atoms with Crippen LogP contribution in [0, 0.1) is 6.92 Å². The lowest BCUT2D eigenvalue weighted by molar-refractivity contribution is 0.479. The van der Waals surface area contributed by atoms with Crippen LogP contribution in [0.3, 0.4) is 0 Å². The van der Waals surface area contributed by atoms with Gasteiger partial charge in [0.15, 0.2) is 0 Å². The van der Waals surface area contributed by atoms with E-state index in [4.69, 9.17) is 10.2 Å². The summed E-state index contributed by atoms with van der Waals surface area (Å²) in [7, 11) is -3.66. The van der Waals surface area contributed by atoms with Gasteiger partial charge in [0.1, 0.15) is 16.4 Å². The highest BCUT2D eigenvalue weighted by Crippen LogP contribution is 2.23. The van der Waals surface area contributed by atoms with E-state index in [0.717, 1.165) is 4.47 Å². The highest BCUT2D eigenvalue weighted by Gasteiger charge is 2.21. The smallest absolute Gasteiger partial charge is 0.265 e. The van der Waals surface area contributed by atoms with Gasteiger partial charge < -0.3 is 10.2 Å². The lowest BCUT2D eigenvalue weighted by Gasteiger charge is -2.06. The minimum Gasteiger partial charge on any atom is -0.464 e. The second-order valence-corrected chi connectivity index (χ2v) is 6.52. The minimum absolute atomic E-state index is 0.107. The molecule has 0 saturated carbocycles. The topological polar surface area (TPSA) is 85.3 Å². The molecule has 0 aliphatic carbocycles. The molecule has 0 aliphatic heterocycles. The van der Waals surface area contributed by atoms with Crippen LogP contribution >= 0.6 is 15.9 Å². The number of nitrogens with one attached hydrogen (secondary N) is 1. The standard InChI is InChI=1S/C12H13BrN2O3S/c1-8-12(6-11(7-14)18-8)19(16,17)15-10-4-2-9(13)3-5-10/h2-6,15H,7,14H2,1H3. The Balaban J connectivity index is 2.31. The number of sulfonamides is 1. The van der Waals surface area contributed by atoms with Crippen molar-refractivity contribution in [2.24, 2.45) is 5.73 Å². The summed E-state index contributed by atoms with van der Waals surface area (Å²) in [5.41, 5.74) is 5.91. The predicted molar refractivity (Wildman–Crippen MR) is 76.3 cm³/mol. The number of furan rings is 1. The van der Waals surface area contributed by atoms with Gasteiger partial charge in [-0.3, -0.25) is 4.72 Å². The van der Waals surface area contributed by atoms with Crippen molar-refractivity contribution in [1.29, 1.82) is 0 Å². The molecule has 1 aromatic carbocycles. The fourth-order valence-electron chi connectivity index (χ4n) is 1.62. The van der Waals surface area contributed by atoms with E-state index in [9.17, 15) is 8.42 Å². The summed E-state index contributed by atoms with van der Waals surface area (Å²) in [6.45, 7) is 1.75. The molecule has 5 nitrogen and oxygen atoms in total. The molecular weight excluding hydrogens is 332 g/mol. The van der Waals surface area contributed by atoms with Crippen molar-refractivity contribution in [3.8, 4) is 0 Å². The Hall–Kier alpha value is -1.31. The summed E-state index contributed by atoms with van der Waals surface area (Å²) in [5.74, 6) is 0.763. The molecule has 7 heteroatoms. The average Bonchev–Trinajstić information content (AvgIpc) is 2.74. The highest BCUT2D eigenvalue weighted by atomic mass is 79.9. The minimum atomic E-state index is -3.66. The first kappa shape index (κ1) is 14.1. The lowest BCUT2D eigenvalue weighted by Crippen LogP contribution is -2.13. The molecule has 19 heavy (non-hydrogen) atoms. The maximum absolute atomic E-state index is 12.2. The fourth-order valence-corrected chi connectivity index (χ4v) is 3.15. The van der Waals surface area contributed by atoms with Crippen molar-refractivity contribution in [2.75, 3.05) is 4.72 Å². The van der Waals surface area contributed by atoms with Gasteiger partial charge in [0, 0.05) is 16.2 Å². The quantitative estimate of drug-likeness (QED) is 0.892. The largest absolute Gasteiger partial charge is 0.464 e. The molecule has 0 bridgehead atoms. The number of benzene rings is 1. The Labute approximate surface area is 120 Å². The zero-order valence-corrected chi connectivity index (χ0v) is 12.6. The van der Waals surface area contributed by atoms with Crippen LogP contribution in [0.15, 0.2) is 44.1 Å². The van der Waals surface area contributed by atoms with E-state index < -0.39 is 10.0 Å². The Bertz CT molecular complexity index is 678. The molecule has 0 spiro atoms. The summed E-state index contributed by atoms with van der Waals surface area (Å²) in [6, 6.07) is 8.29. The van der Waals surface area contributed by atoms with Crippen molar-refractivity contribution in [2.45, 2.75) is 18.4 Å². The molecule has 1 heterocycles. The zero-order valence-electron chi connectivity index (χ0n) is 10.2. The Kier molecular flexibility index (Phi) is 3.98. The van der Waals surface area contributed by atoms with Gasteiger partial charge in [0.2, 0.25) is 0 Å². The third-order valence-electron chi connectivity index (χ3n) is 2.51. The second kappa shape index (κ2) is 5.36. The van der Waals surface area contributed by atoms with Crippen LogP contribution in [0.4, 0.5) is 5.69 Å². The van der Waals surface area contributed by atoms with E-state index in [0.29, 0.717) is 17.2 Å². The lowest BCUT2D eigenvalue weighted by atomic mass is 10.3. The summed E-state index contributed by atoms with van der Waals surface area (Å²) in [5, 5.41) is 0. The van der Waals surface area contributed by atoms with E-state index in [-0.39, 0.29) is 11.4 Å². The van der Waals surface area contributed by atoms with Gasteiger partial charge in [0.05, 0.1) is 6.54 Å². The summed E-state index contributed by atoms with van der Waals surface area (Å²) >= 11 is 3.29. The van der Waals surface area contributed by atoms with Gasteiger partial charge >= 0.3 is 0 Å². The normalized spacial score (nSPS) is 11.5. The van der Waals surface area contributed by atoms with Crippen LogP contribution in [0.25, 0.3) is 0 Å². The summed E-state index contributed by atoms with van der Waals surface area (Å²) in [6.07, 6.45) is 0. The zero-order chi connectivity index (χ0) is 14.0. The van der Waals surface area contributed by atoms with E-state index in [1.165, 1.54) is 6.07 Å². The molecule has 102 valence electrons. The van der Waals surface area contributed by atoms with Crippen LogP contribution in [0.5, 0.6) is 0 Å². The monoisotopic (exact) mass is 344 g/mol. The number of nitrogens with two attached hydrogens (primary N) is 1. The summed E-state index contributed by atoms with van der Waals surface area (Å²) in [4.78, 5) is 0.107. The molecule has 2 aromatic rings. The summed E-state index contributed by atoms with van der Waals surface area (Å²) < 4.78 is 33.0. The van der Waals surface area contributed by atoms with Crippen molar-refractivity contribution in [3.63, 3.8) is 0 Å². The van der Waals surface area contributed by atoms with Gasteiger partial charge in [-0.05, 0) is 31.2 Å². The first-order valence-electron chi connectivity index (χ1n) is 5.50.